The molecular formula is C65H110N2O7. The molecule has 1 N–H and O–H groups in total. The van der Waals surface area contributed by atoms with Crippen LogP contribution in [0.1, 0.15) is 257 Å². The fourth-order valence-corrected chi connectivity index (χ4v) is 10.2. The summed E-state index contributed by atoms with van der Waals surface area (Å²) in [6.45, 7) is 13.9. The Bertz CT molecular complexity index is 1620. The zero-order valence-electron chi connectivity index (χ0n) is 47.8. The first kappa shape index (κ1) is 64.9. The Labute approximate surface area is 453 Å². The van der Waals surface area contributed by atoms with E-state index in [2.05, 4.69) is 30.6 Å². The second kappa shape index (κ2) is 45.8. The van der Waals surface area contributed by atoms with Gasteiger partial charge in [0.25, 0.3) is 0 Å². The van der Waals surface area contributed by atoms with E-state index < -0.39 is 18.2 Å². The highest BCUT2D eigenvalue weighted by Gasteiger charge is 2.42. The van der Waals surface area contributed by atoms with Gasteiger partial charge in [-0.05, 0) is 88.9 Å². The summed E-state index contributed by atoms with van der Waals surface area (Å²) < 4.78 is 23.2. The average molecular weight is 1030 g/mol. The molecule has 0 bridgehead atoms. The summed E-state index contributed by atoms with van der Waals surface area (Å²) in [6.07, 6.45) is 43.0. The Hall–Kier alpha value is -3.40. The molecule has 0 aromatic heterocycles. The Kier molecular flexibility index (Phi) is 40.1. The van der Waals surface area contributed by atoms with Crippen molar-refractivity contribution >= 4 is 11.9 Å². The minimum Gasteiger partial charge on any atom is -0.485 e. The zero-order chi connectivity index (χ0) is 52.8. The third-order valence-corrected chi connectivity index (χ3v) is 14.9. The average Bonchev–Trinajstić information content (AvgIpc) is 3.74. The summed E-state index contributed by atoms with van der Waals surface area (Å²) in [4.78, 5) is 31.6. The molecule has 2 atom stereocenters. The standard InChI is InChI=1S/C65H110N2O7/c1-4-7-10-13-16-19-22-25-28-39-49-66(50-40-29-26-23-20-17-14-11-8-5-2)53-43-54-67(51-41-30-27-24-21-18-15-12-9-6-3)52-42-33-38-48-61(69)71-57-60(68)62-63(72-55-58-44-34-31-35-45-58)64(65(70)74-62)73-56-59-46-36-32-37-47-59/h31-32,34-37,44-47,60,62,68H,4-30,33,38-43,48-57H2,1-3H3/t60-,62+/m0/s1. The molecule has 0 amide bonds. The molecule has 0 fully saturated rings. The van der Waals surface area contributed by atoms with E-state index in [1.807, 2.05) is 60.7 Å². The summed E-state index contributed by atoms with van der Waals surface area (Å²) in [5.74, 6) is -1.05. The first-order valence-corrected chi connectivity index (χ1v) is 31.0. The van der Waals surface area contributed by atoms with Crippen LogP contribution in [0.4, 0.5) is 0 Å². The van der Waals surface area contributed by atoms with E-state index in [0.29, 0.717) is 0 Å². The number of benzene rings is 2. The molecule has 1 aliphatic rings. The molecule has 0 saturated carbocycles. The van der Waals surface area contributed by atoms with Crippen molar-refractivity contribution in [3.63, 3.8) is 0 Å². The van der Waals surface area contributed by atoms with E-state index in [4.69, 9.17) is 18.9 Å². The Balaban J connectivity index is 1.47. The predicted octanol–water partition coefficient (Wildman–Crippen LogP) is 16.8. The molecule has 0 saturated heterocycles. The van der Waals surface area contributed by atoms with Crippen LogP contribution < -0.4 is 0 Å². The van der Waals surface area contributed by atoms with Gasteiger partial charge in [0.15, 0.2) is 11.9 Å². The van der Waals surface area contributed by atoms with Crippen molar-refractivity contribution in [2.24, 2.45) is 0 Å². The fraction of sp³-hybridized carbons (Fsp3) is 0.754. The number of cyclic esters (lactones) is 1. The summed E-state index contributed by atoms with van der Waals surface area (Å²) in [5.41, 5.74) is 1.76. The number of ether oxygens (including phenoxy) is 4. The SMILES string of the molecule is CCCCCCCCCCCCN(CCCCCCCCCCCC)CCCN(CCCCCCCCCCCC)CCCCCC(=O)OC[C@H](O)[C@H]1OC(=O)C(OCc2ccccc2)=C1OCc1ccccc1. The number of carbonyl (C=O) groups excluding carboxylic acids is 2. The van der Waals surface area contributed by atoms with Crippen molar-refractivity contribution in [3.05, 3.63) is 83.3 Å². The summed E-state index contributed by atoms with van der Waals surface area (Å²) >= 11 is 0. The molecule has 74 heavy (non-hydrogen) atoms. The number of esters is 2. The molecule has 1 heterocycles. The first-order chi connectivity index (χ1) is 36.4. The lowest BCUT2D eigenvalue weighted by Crippen LogP contribution is -2.34. The van der Waals surface area contributed by atoms with Gasteiger partial charge in [-0.15, -0.1) is 0 Å². The lowest BCUT2D eigenvalue weighted by atomic mass is 10.1. The molecule has 422 valence electrons. The molecule has 0 radical (unpaired) electrons. The van der Waals surface area contributed by atoms with Gasteiger partial charge in [0, 0.05) is 6.42 Å². The molecule has 9 heteroatoms. The van der Waals surface area contributed by atoms with Gasteiger partial charge in [0.1, 0.15) is 25.9 Å². The minimum absolute atomic E-state index is 0.0756. The van der Waals surface area contributed by atoms with E-state index in [1.165, 1.54) is 219 Å². The number of unbranched alkanes of at least 4 members (excludes halogenated alkanes) is 29. The van der Waals surface area contributed by atoms with Crippen molar-refractivity contribution in [1.29, 1.82) is 0 Å². The maximum absolute atomic E-state index is 13.1. The van der Waals surface area contributed by atoms with Gasteiger partial charge in [-0.2, -0.15) is 0 Å². The van der Waals surface area contributed by atoms with Crippen LogP contribution >= 0.6 is 0 Å². The van der Waals surface area contributed by atoms with Crippen LogP contribution in [0.2, 0.25) is 0 Å². The number of hydrogen-bond acceptors (Lipinski definition) is 9. The minimum atomic E-state index is -1.31. The lowest BCUT2D eigenvalue weighted by molar-refractivity contribution is -0.155. The molecule has 0 unspecified atom stereocenters. The monoisotopic (exact) mass is 1030 g/mol. The van der Waals surface area contributed by atoms with E-state index in [1.54, 1.807) is 0 Å². The number of aliphatic hydroxyl groups is 1. The van der Waals surface area contributed by atoms with Gasteiger partial charge in [-0.25, -0.2) is 4.79 Å². The Morgan fingerprint density at radius 2 is 0.811 bits per heavy atom. The van der Waals surface area contributed by atoms with E-state index in [9.17, 15) is 14.7 Å². The van der Waals surface area contributed by atoms with E-state index >= 15 is 0 Å². The van der Waals surface area contributed by atoms with Crippen LogP contribution in [0.5, 0.6) is 0 Å². The molecule has 2 aromatic rings. The lowest BCUT2D eigenvalue weighted by Gasteiger charge is -2.26. The predicted molar refractivity (Wildman–Crippen MR) is 308 cm³/mol. The maximum atomic E-state index is 13.1. The third-order valence-electron chi connectivity index (χ3n) is 14.9. The Morgan fingerprint density at radius 3 is 1.20 bits per heavy atom. The highest BCUT2D eigenvalue weighted by Crippen LogP contribution is 2.29. The normalized spacial score (nSPS) is 14.1. The van der Waals surface area contributed by atoms with Crippen LogP contribution in [-0.2, 0) is 41.8 Å². The van der Waals surface area contributed by atoms with Crippen LogP contribution in [0, 0.1) is 0 Å². The van der Waals surface area contributed by atoms with Crippen molar-refractivity contribution in [2.45, 2.75) is 271 Å². The van der Waals surface area contributed by atoms with Crippen molar-refractivity contribution in [2.75, 3.05) is 45.9 Å². The smallest absolute Gasteiger partial charge is 0.378 e. The number of hydrogen-bond donors (Lipinski definition) is 1. The van der Waals surface area contributed by atoms with Crippen molar-refractivity contribution < 1.29 is 33.6 Å². The van der Waals surface area contributed by atoms with Gasteiger partial charge in [0.05, 0.1) is 0 Å². The fourth-order valence-electron chi connectivity index (χ4n) is 10.2. The molecule has 3 rings (SSSR count). The largest absolute Gasteiger partial charge is 0.485 e. The number of aliphatic hydroxyl groups excluding tert-OH is 1. The number of rotatable bonds is 52. The van der Waals surface area contributed by atoms with Crippen LogP contribution in [0.15, 0.2) is 72.2 Å². The topological polar surface area (TPSA) is 97.8 Å². The van der Waals surface area contributed by atoms with Gasteiger partial charge in [-0.1, -0.05) is 261 Å². The highest BCUT2D eigenvalue weighted by molar-refractivity contribution is 5.89. The first-order valence-electron chi connectivity index (χ1n) is 31.0. The van der Waals surface area contributed by atoms with E-state index in [-0.39, 0.29) is 43.7 Å². The molecule has 0 spiro atoms. The molecule has 1 aliphatic heterocycles. The van der Waals surface area contributed by atoms with E-state index in [0.717, 1.165) is 50.0 Å². The second-order valence-corrected chi connectivity index (χ2v) is 21.7. The van der Waals surface area contributed by atoms with Gasteiger partial charge < -0.3 is 33.9 Å². The number of nitrogens with zero attached hydrogens (tertiary/aromatic N) is 2. The Morgan fingerprint density at radius 1 is 0.473 bits per heavy atom. The van der Waals surface area contributed by atoms with Crippen molar-refractivity contribution in [3.8, 4) is 0 Å². The number of carbonyl (C=O) groups is 2. The zero-order valence-corrected chi connectivity index (χ0v) is 47.8. The summed E-state index contributed by atoms with van der Waals surface area (Å²) in [6, 6.07) is 19.1. The van der Waals surface area contributed by atoms with Crippen LogP contribution in [0.25, 0.3) is 0 Å². The van der Waals surface area contributed by atoms with Gasteiger partial charge in [-0.3, -0.25) is 4.79 Å². The third kappa shape index (κ3) is 32.9. The van der Waals surface area contributed by atoms with Crippen LogP contribution in [-0.4, -0.2) is 84.9 Å². The summed E-state index contributed by atoms with van der Waals surface area (Å²) in [7, 11) is 0. The molecule has 9 nitrogen and oxygen atoms in total. The van der Waals surface area contributed by atoms with Gasteiger partial charge in [0.2, 0.25) is 5.76 Å². The van der Waals surface area contributed by atoms with Crippen molar-refractivity contribution in [1.82, 2.24) is 9.80 Å². The van der Waals surface area contributed by atoms with Crippen LogP contribution in [0.3, 0.4) is 0 Å². The molecular weight excluding hydrogens is 921 g/mol. The molecule has 0 aliphatic carbocycles. The second-order valence-electron chi connectivity index (χ2n) is 21.7. The highest BCUT2D eigenvalue weighted by atomic mass is 16.6. The quantitative estimate of drug-likeness (QED) is 0.0513. The molecule has 2 aromatic carbocycles. The summed E-state index contributed by atoms with van der Waals surface area (Å²) in [5, 5.41) is 11.2. The maximum Gasteiger partial charge on any atom is 0.378 e. The van der Waals surface area contributed by atoms with Gasteiger partial charge >= 0.3 is 11.9 Å².